The molecule has 0 saturated heterocycles. The predicted octanol–water partition coefficient (Wildman–Crippen LogP) is 3.83. The fraction of sp³-hybridized carbons (Fsp3) is 0.214. The first-order valence-electron chi connectivity index (χ1n) is 6.05. The summed E-state index contributed by atoms with van der Waals surface area (Å²) in [6.45, 7) is 0. The molecule has 0 unspecified atom stereocenters. The number of hydrogen-bond donors (Lipinski definition) is 0. The van der Waals surface area contributed by atoms with Gasteiger partial charge in [0.25, 0.3) is 0 Å². The van der Waals surface area contributed by atoms with E-state index in [1.807, 2.05) is 18.2 Å². The molecule has 0 aliphatic heterocycles. The number of rotatable bonds is 2. The van der Waals surface area contributed by atoms with Crippen molar-refractivity contribution < 1.29 is 4.74 Å². The molecule has 6 heteroatoms. The van der Waals surface area contributed by atoms with E-state index in [2.05, 4.69) is 32.0 Å². The maximum Gasteiger partial charge on any atom is 0.234 e. The summed E-state index contributed by atoms with van der Waals surface area (Å²) in [5, 5.41) is 8.84. The zero-order valence-corrected chi connectivity index (χ0v) is 12.6. The van der Waals surface area contributed by atoms with E-state index in [0.717, 1.165) is 22.9 Å². The lowest BCUT2D eigenvalue weighted by atomic mass is 10.1. The Morgan fingerprint density at radius 1 is 1.45 bits per heavy atom. The number of ether oxygens (including phenoxy) is 1. The Bertz CT molecular complexity index is 714. The first kappa shape index (κ1) is 13.3. The highest BCUT2D eigenvalue weighted by atomic mass is 79.9. The highest BCUT2D eigenvalue weighted by Crippen LogP contribution is 2.38. The highest BCUT2D eigenvalue weighted by molar-refractivity contribution is 9.10. The van der Waals surface area contributed by atoms with E-state index in [1.165, 1.54) is 11.8 Å². The number of nitriles is 1. The molecule has 1 aliphatic rings. The minimum atomic E-state index is -0.0548. The zero-order valence-electron chi connectivity index (χ0n) is 10.3. The molecular formula is C14H9BrClN3O. The molecule has 0 radical (unpaired) electrons. The van der Waals surface area contributed by atoms with E-state index in [1.54, 1.807) is 0 Å². The number of benzene rings is 1. The molecule has 0 fully saturated rings. The minimum Gasteiger partial charge on any atom is -0.468 e. The van der Waals surface area contributed by atoms with Crippen molar-refractivity contribution >= 4 is 27.5 Å². The second-order valence-electron chi connectivity index (χ2n) is 4.41. The van der Waals surface area contributed by atoms with Crippen LogP contribution in [0.4, 0.5) is 0 Å². The van der Waals surface area contributed by atoms with Gasteiger partial charge in [-0.1, -0.05) is 39.7 Å². The Labute approximate surface area is 129 Å². The molecule has 1 heterocycles. The van der Waals surface area contributed by atoms with Gasteiger partial charge in [0.1, 0.15) is 12.2 Å². The van der Waals surface area contributed by atoms with Crippen molar-refractivity contribution in [1.82, 2.24) is 9.97 Å². The number of fused-ring (bicyclic) bond motifs is 1. The average molecular weight is 351 g/mol. The summed E-state index contributed by atoms with van der Waals surface area (Å²) in [6.07, 6.45) is 3.22. The largest absolute Gasteiger partial charge is 0.468 e. The van der Waals surface area contributed by atoms with Crippen LogP contribution in [0.5, 0.6) is 5.88 Å². The van der Waals surface area contributed by atoms with Crippen molar-refractivity contribution in [2.45, 2.75) is 18.9 Å². The molecule has 1 aliphatic carbocycles. The number of aromatic nitrogens is 2. The van der Waals surface area contributed by atoms with Crippen LogP contribution < -0.4 is 4.74 Å². The Morgan fingerprint density at radius 2 is 2.30 bits per heavy atom. The predicted molar refractivity (Wildman–Crippen MR) is 77.6 cm³/mol. The molecule has 4 nitrogen and oxygen atoms in total. The van der Waals surface area contributed by atoms with Gasteiger partial charge >= 0.3 is 0 Å². The van der Waals surface area contributed by atoms with Crippen molar-refractivity contribution in [1.29, 1.82) is 5.26 Å². The van der Waals surface area contributed by atoms with Gasteiger partial charge in [-0.25, -0.2) is 4.98 Å². The number of nitrogens with zero attached hydrogens (tertiary/aromatic N) is 3. The van der Waals surface area contributed by atoms with Crippen LogP contribution in [0.25, 0.3) is 0 Å². The van der Waals surface area contributed by atoms with E-state index in [9.17, 15) is 0 Å². The van der Waals surface area contributed by atoms with Gasteiger partial charge in [0.2, 0.25) is 5.88 Å². The fourth-order valence-electron chi connectivity index (χ4n) is 2.32. The molecule has 0 bridgehead atoms. The fourth-order valence-corrected chi connectivity index (χ4v) is 3.08. The van der Waals surface area contributed by atoms with Gasteiger partial charge in [0.05, 0.1) is 6.20 Å². The van der Waals surface area contributed by atoms with Crippen LogP contribution in [0.15, 0.2) is 28.9 Å². The molecule has 0 N–H and O–H groups in total. The first-order valence-corrected chi connectivity index (χ1v) is 7.22. The lowest BCUT2D eigenvalue weighted by molar-refractivity contribution is 0.198. The zero-order chi connectivity index (χ0) is 14.1. The molecule has 1 aromatic heterocycles. The molecule has 3 rings (SSSR count). The molecule has 1 atom stereocenters. The average Bonchev–Trinajstić information content (AvgIpc) is 2.84. The van der Waals surface area contributed by atoms with Crippen LogP contribution in [0, 0.1) is 11.3 Å². The van der Waals surface area contributed by atoms with E-state index < -0.39 is 0 Å². The molecule has 0 saturated carbocycles. The lowest BCUT2D eigenvalue weighted by Crippen LogP contribution is -2.05. The van der Waals surface area contributed by atoms with Crippen LogP contribution in [0.1, 0.15) is 29.3 Å². The molecule has 0 spiro atoms. The molecule has 100 valence electrons. The summed E-state index contributed by atoms with van der Waals surface area (Å²) >= 11 is 9.41. The molecule has 1 aromatic carbocycles. The number of hydrogen-bond acceptors (Lipinski definition) is 4. The van der Waals surface area contributed by atoms with Gasteiger partial charge in [-0.15, -0.1) is 0 Å². The van der Waals surface area contributed by atoms with Gasteiger partial charge in [-0.05, 0) is 30.0 Å². The van der Waals surface area contributed by atoms with E-state index in [4.69, 9.17) is 21.6 Å². The second kappa shape index (κ2) is 5.39. The van der Waals surface area contributed by atoms with Crippen LogP contribution in [0.2, 0.25) is 5.15 Å². The summed E-state index contributed by atoms with van der Waals surface area (Å²) in [4.78, 5) is 7.97. The Kier molecular flexibility index (Phi) is 3.60. The third-order valence-corrected chi connectivity index (χ3v) is 4.24. The van der Waals surface area contributed by atoms with Crippen molar-refractivity contribution in [3.63, 3.8) is 0 Å². The standard InChI is InChI=1S/C14H9BrClN3O/c15-10-3-1-2-9-8(10)4-5-12(9)20-13-7-18-11(6-17)14(16)19-13/h1-3,7,12H,4-5H2/t12-/m0/s1. The first-order chi connectivity index (χ1) is 9.69. The Balaban J connectivity index is 1.86. The maximum atomic E-state index is 8.77. The summed E-state index contributed by atoms with van der Waals surface area (Å²) in [5.41, 5.74) is 2.53. The summed E-state index contributed by atoms with van der Waals surface area (Å²) in [6, 6.07) is 7.94. The van der Waals surface area contributed by atoms with E-state index in [0.29, 0.717) is 5.88 Å². The summed E-state index contributed by atoms with van der Waals surface area (Å²) in [7, 11) is 0. The molecule has 0 amide bonds. The monoisotopic (exact) mass is 349 g/mol. The second-order valence-corrected chi connectivity index (χ2v) is 5.62. The normalized spacial score (nSPS) is 16.6. The Morgan fingerprint density at radius 3 is 3.05 bits per heavy atom. The highest BCUT2D eigenvalue weighted by Gasteiger charge is 2.26. The van der Waals surface area contributed by atoms with Gasteiger partial charge < -0.3 is 4.74 Å². The third-order valence-electron chi connectivity index (χ3n) is 3.24. The molecular weight excluding hydrogens is 342 g/mol. The third kappa shape index (κ3) is 2.37. The van der Waals surface area contributed by atoms with Gasteiger partial charge in [-0.2, -0.15) is 10.2 Å². The van der Waals surface area contributed by atoms with Gasteiger partial charge in [0.15, 0.2) is 10.8 Å². The maximum absolute atomic E-state index is 8.77. The smallest absolute Gasteiger partial charge is 0.234 e. The van der Waals surface area contributed by atoms with Crippen LogP contribution in [0.3, 0.4) is 0 Å². The number of halogens is 2. The molecule has 2 aromatic rings. The van der Waals surface area contributed by atoms with Crippen LogP contribution in [-0.4, -0.2) is 9.97 Å². The van der Waals surface area contributed by atoms with Crippen molar-refractivity contribution in [3.8, 4) is 11.9 Å². The summed E-state index contributed by atoms with van der Waals surface area (Å²) in [5.74, 6) is 0.340. The van der Waals surface area contributed by atoms with Crippen LogP contribution >= 0.6 is 27.5 Å². The molecule has 20 heavy (non-hydrogen) atoms. The van der Waals surface area contributed by atoms with Crippen LogP contribution in [-0.2, 0) is 6.42 Å². The van der Waals surface area contributed by atoms with Crippen molar-refractivity contribution in [2.24, 2.45) is 0 Å². The lowest BCUT2D eigenvalue weighted by Gasteiger charge is -2.14. The van der Waals surface area contributed by atoms with Crippen molar-refractivity contribution in [3.05, 3.63) is 50.8 Å². The minimum absolute atomic E-state index is 0.0548. The topological polar surface area (TPSA) is 58.8 Å². The van der Waals surface area contributed by atoms with E-state index >= 15 is 0 Å². The summed E-state index contributed by atoms with van der Waals surface area (Å²) < 4.78 is 6.95. The van der Waals surface area contributed by atoms with Gasteiger partial charge in [-0.3, -0.25) is 0 Å². The Hall–Kier alpha value is -1.64. The van der Waals surface area contributed by atoms with E-state index in [-0.39, 0.29) is 17.0 Å². The van der Waals surface area contributed by atoms with Crippen molar-refractivity contribution in [2.75, 3.05) is 0 Å². The SMILES string of the molecule is N#Cc1ncc(O[C@H]2CCc3c(Br)cccc32)nc1Cl. The quantitative estimate of drug-likeness (QED) is 0.826. The van der Waals surface area contributed by atoms with Gasteiger partial charge in [0, 0.05) is 4.47 Å².